The molecule has 0 aliphatic carbocycles. The molecule has 1 aromatic heterocycles. The lowest BCUT2D eigenvalue weighted by atomic mass is 10.2. The van der Waals surface area contributed by atoms with Crippen molar-refractivity contribution < 1.29 is 4.79 Å². The van der Waals surface area contributed by atoms with Gasteiger partial charge in [-0.1, -0.05) is 13.0 Å². The lowest BCUT2D eigenvalue weighted by molar-refractivity contribution is -0.120. The van der Waals surface area contributed by atoms with Crippen LogP contribution in [-0.4, -0.2) is 23.3 Å². The summed E-state index contributed by atoms with van der Waals surface area (Å²) >= 11 is 1.75. The van der Waals surface area contributed by atoms with Gasteiger partial charge in [-0.3, -0.25) is 9.69 Å². The Balaban J connectivity index is 2.55. The first kappa shape index (κ1) is 12.4. The molecule has 1 rings (SSSR count). The van der Waals surface area contributed by atoms with E-state index >= 15 is 0 Å². The summed E-state index contributed by atoms with van der Waals surface area (Å²) in [6, 6.07) is 4.60. The minimum Gasteiger partial charge on any atom is -0.298 e. The average molecular weight is 225 g/mol. The molecule has 1 aromatic rings. The Morgan fingerprint density at radius 3 is 2.73 bits per heavy atom. The normalized spacial score (nSPS) is 11.3. The van der Waals surface area contributed by atoms with Crippen molar-refractivity contribution in [3.8, 4) is 0 Å². The second-order valence-electron chi connectivity index (χ2n) is 3.97. The molecule has 0 aliphatic heterocycles. The van der Waals surface area contributed by atoms with E-state index in [0.29, 0.717) is 24.8 Å². The number of nitrogens with zero attached hydrogens (tertiary/aromatic N) is 1. The van der Waals surface area contributed by atoms with Crippen LogP contribution in [0.2, 0.25) is 0 Å². The van der Waals surface area contributed by atoms with Crippen LogP contribution in [0.25, 0.3) is 0 Å². The predicted octanol–water partition coefficient (Wildman–Crippen LogP) is 2.94. The van der Waals surface area contributed by atoms with Crippen LogP contribution >= 0.6 is 11.3 Å². The van der Waals surface area contributed by atoms with Gasteiger partial charge in [0.05, 0.1) is 6.54 Å². The van der Waals surface area contributed by atoms with Crippen molar-refractivity contribution in [1.29, 1.82) is 0 Å². The molecule has 0 atom stereocenters. The van der Waals surface area contributed by atoms with Crippen LogP contribution in [0, 0.1) is 0 Å². The van der Waals surface area contributed by atoms with Gasteiger partial charge in [0.1, 0.15) is 5.78 Å². The molecule has 0 saturated carbocycles. The van der Waals surface area contributed by atoms with Gasteiger partial charge in [-0.15, -0.1) is 11.3 Å². The summed E-state index contributed by atoms with van der Waals surface area (Å²) in [6.45, 7) is 7.66. The van der Waals surface area contributed by atoms with E-state index in [1.54, 1.807) is 11.3 Å². The van der Waals surface area contributed by atoms with E-state index in [4.69, 9.17) is 0 Å². The summed E-state index contributed by atoms with van der Waals surface area (Å²) in [4.78, 5) is 15.0. The van der Waals surface area contributed by atoms with Crippen molar-refractivity contribution in [2.45, 2.75) is 39.8 Å². The van der Waals surface area contributed by atoms with Crippen LogP contribution in [0.4, 0.5) is 0 Å². The van der Waals surface area contributed by atoms with Crippen molar-refractivity contribution in [1.82, 2.24) is 4.90 Å². The Kier molecular flexibility index (Phi) is 4.99. The molecular weight excluding hydrogens is 206 g/mol. The number of ketones is 1. The Morgan fingerprint density at radius 2 is 2.27 bits per heavy atom. The van der Waals surface area contributed by atoms with Crippen molar-refractivity contribution in [2.75, 3.05) is 6.54 Å². The molecule has 0 bridgehead atoms. The summed E-state index contributed by atoms with van der Waals surface area (Å²) in [7, 11) is 0. The second kappa shape index (κ2) is 6.03. The number of rotatable bonds is 6. The zero-order valence-electron chi connectivity index (χ0n) is 9.69. The summed E-state index contributed by atoms with van der Waals surface area (Å²) in [5.41, 5.74) is 0. The Morgan fingerprint density at radius 1 is 1.53 bits per heavy atom. The first-order valence-corrected chi connectivity index (χ1v) is 6.29. The Hall–Kier alpha value is -0.670. The molecule has 0 radical (unpaired) electrons. The maximum atomic E-state index is 11.4. The van der Waals surface area contributed by atoms with Crippen molar-refractivity contribution >= 4 is 17.1 Å². The first-order chi connectivity index (χ1) is 7.13. The highest BCUT2D eigenvalue weighted by molar-refractivity contribution is 7.09. The maximum Gasteiger partial charge on any atom is 0.146 e. The topological polar surface area (TPSA) is 20.3 Å². The molecule has 0 amide bonds. The van der Waals surface area contributed by atoms with E-state index in [1.165, 1.54) is 4.88 Å². The summed E-state index contributed by atoms with van der Waals surface area (Å²) < 4.78 is 0. The van der Waals surface area contributed by atoms with Crippen LogP contribution in [0.1, 0.15) is 32.1 Å². The molecule has 0 unspecified atom stereocenters. The van der Waals surface area contributed by atoms with E-state index in [2.05, 4.69) is 36.3 Å². The standard InChI is InChI=1S/C12H19NOS/c1-4-11(14)8-13(10(2)3)9-12-6-5-7-15-12/h5-7,10H,4,8-9H2,1-3H3. The SMILES string of the molecule is CCC(=O)CN(Cc1cccs1)C(C)C. The number of carbonyl (C=O) groups excluding carboxylic acids is 1. The first-order valence-electron chi connectivity index (χ1n) is 5.41. The van der Waals surface area contributed by atoms with Gasteiger partial charge < -0.3 is 0 Å². The third kappa shape index (κ3) is 4.14. The highest BCUT2D eigenvalue weighted by Crippen LogP contribution is 2.13. The highest BCUT2D eigenvalue weighted by atomic mass is 32.1. The molecule has 0 spiro atoms. The quantitative estimate of drug-likeness (QED) is 0.742. The zero-order valence-corrected chi connectivity index (χ0v) is 10.5. The van der Waals surface area contributed by atoms with Crippen molar-refractivity contribution in [3.05, 3.63) is 22.4 Å². The fraction of sp³-hybridized carbons (Fsp3) is 0.583. The smallest absolute Gasteiger partial charge is 0.146 e. The van der Waals surface area contributed by atoms with Crippen molar-refractivity contribution in [3.63, 3.8) is 0 Å². The molecule has 15 heavy (non-hydrogen) atoms. The van der Waals surface area contributed by atoms with E-state index in [9.17, 15) is 4.79 Å². The third-order valence-corrected chi connectivity index (χ3v) is 3.30. The van der Waals surface area contributed by atoms with Gasteiger partial charge in [-0.25, -0.2) is 0 Å². The van der Waals surface area contributed by atoms with Gasteiger partial charge in [0.15, 0.2) is 0 Å². The number of carbonyl (C=O) groups is 1. The fourth-order valence-electron chi connectivity index (χ4n) is 1.36. The molecule has 0 aliphatic rings. The minimum absolute atomic E-state index is 0.320. The predicted molar refractivity (Wildman–Crippen MR) is 65.2 cm³/mol. The van der Waals surface area contributed by atoms with Gasteiger partial charge in [0.25, 0.3) is 0 Å². The molecular formula is C12H19NOS. The fourth-order valence-corrected chi connectivity index (χ4v) is 2.09. The van der Waals surface area contributed by atoms with Crippen LogP contribution in [-0.2, 0) is 11.3 Å². The summed E-state index contributed by atoms with van der Waals surface area (Å²) in [5, 5.41) is 2.08. The number of Topliss-reactive ketones (excluding diaryl/α,β-unsaturated/α-hetero) is 1. The van der Waals surface area contributed by atoms with Crippen LogP contribution in [0.15, 0.2) is 17.5 Å². The largest absolute Gasteiger partial charge is 0.298 e. The summed E-state index contributed by atoms with van der Waals surface area (Å²) in [5.74, 6) is 0.320. The number of hydrogen-bond donors (Lipinski definition) is 0. The second-order valence-corrected chi connectivity index (χ2v) is 5.00. The zero-order chi connectivity index (χ0) is 11.3. The van der Waals surface area contributed by atoms with Crippen LogP contribution < -0.4 is 0 Å². The van der Waals surface area contributed by atoms with Crippen LogP contribution in [0.3, 0.4) is 0 Å². The van der Waals surface area contributed by atoms with Gasteiger partial charge in [-0.05, 0) is 25.3 Å². The molecule has 0 saturated heterocycles. The molecule has 1 heterocycles. The van der Waals surface area contributed by atoms with Gasteiger partial charge >= 0.3 is 0 Å². The number of hydrogen-bond acceptors (Lipinski definition) is 3. The number of thiophene rings is 1. The van der Waals surface area contributed by atoms with Crippen molar-refractivity contribution in [2.24, 2.45) is 0 Å². The lowest BCUT2D eigenvalue weighted by Gasteiger charge is -2.24. The lowest BCUT2D eigenvalue weighted by Crippen LogP contribution is -2.34. The minimum atomic E-state index is 0.320. The monoisotopic (exact) mass is 225 g/mol. The van der Waals surface area contributed by atoms with E-state index in [0.717, 1.165) is 6.54 Å². The third-order valence-electron chi connectivity index (χ3n) is 2.44. The Bertz CT molecular complexity index is 293. The highest BCUT2D eigenvalue weighted by Gasteiger charge is 2.13. The molecule has 0 N–H and O–H groups in total. The Labute approximate surface area is 95.9 Å². The maximum absolute atomic E-state index is 11.4. The average Bonchev–Trinajstić information content (AvgIpc) is 2.69. The van der Waals surface area contributed by atoms with Crippen LogP contribution in [0.5, 0.6) is 0 Å². The molecule has 3 heteroatoms. The summed E-state index contributed by atoms with van der Waals surface area (Å²) in [6.07, 6.45) is 0.633. The molecule has 2 nitrogen and oxygen atoms in total. The van der Waals surface area contributed by atoms with E-state index in [1.807, 2.05) is 6.92 Å². The van der Waals surface area contributed by atoms with Gasteiger partial charge in [0, 0.05) is 23.9 Å². The van der Waals surface area contributed by atoms with Gasteiger partial charge in [0.2, 0.25) is 0 Å². The molecule has 0 fully saturated rings. The van der Waals surface area contributed by atoms with Gasteiger partial charge in [-0.2, -0.15) is 0 Å². The molecule has 0 aromatic carbocycles. The van der Waals surface area contributed by atoms with E-state index < -0.39 is 0 Å². The van der Waals surface area contributed by atoms with E-state index in [-0.39, 0.29) is 0 Å². The molecule has 84 valence electrons.